The lowest BCUT2D eigenvalue weighted by molar-refractivity contribution is -0.122. The lowest BCUT2D eigenvalue weighted by Gasteiger charge is -2.41. The van der Waals surface area contributed by atoms with Crippen LogP contribution in [0.4, 0.5) is 0 Å². The third-order valence-corrected chi connectivity index (χ3v) is 14.8. The summed E-state index contributed by atoms with van der Waals surface area (Å²) >= 11 is 0. The van der Waals surface area contributed by atoms with Gasteiger partial charge in [0.05, 0.1) is 0 Å². The van der Waals surface area contributed by atoms with Crippen molar-refractivity contribution < 1.29 is 18.4 Å². The molecular formula is C19H40O4Si2. The van der Waals surface area contributed by atoms with Crippen molar-refractivity contribution in [2.75, 3.05) is 6.61 Å². The third kappa shape index (κ3) is 7.45. The molecule has 0 fully saturated rings. The second-order valence-corrected chi connectivity index (χ2v) is 19.8. The van der Waals surface area contributed by atoms with Crippen LogP contribution in [0, 0.1) is 5.92 Å². The minimum absolute atomic E-state index is 0.00925. The molecule has 0 amide bonds. The fourth-order valence-corrected chi connectivity index (χ4v) is 4.27. The number of carbonyl (C=O) groups is 2. The van der Waals surface area contributed by atoms with Crippen LogP contribution in [0.2, 0.25) is 36.3 Å². The summed E-state index contributed by atoms with van der Waals surface area (Å²) in [5.41, 5.74) is 0. The number of ketones is 1. The van der Waals surface area contributed by atoms with Gasteiger partial charge in [-0.3, -0.25) is 0 Å². The van der Waals surface area contributed by atoms with E-state index in [1.54, 1.807) is 6.92 Å². The predicted octanol–water partition coefficient (Wildman–Crippen LogP) is 5.19. The molecule has 0 unspecified atom stereocenters. The van der Waals surface area contributed by atoms with Gasteiger partial charge in [-0.15, -0.1) is 0 Å². The van der Waals surface area contributed by atoms with Crippen LogP contribution in [0.1, 0.15) is 54.9 Å². The Hall–Kier alpha value is -0.306. The summed E-state index contributed by atoms with van der Waals surface area (Å²) in [5, 5.41) is 0.0973. The van der Waals surface area contributed by atoms with E-state index in [-0.39, 0.29) is 21.8 Å². The fourth-order valence-electron chi connectivity index (χ4n) is 1.92. The molecule has 0 saturated heterocycles. The lowest BCUT2D eigenvalue weighted by atomic mass is 9.98. The molecule has 0 aromatic heterocycles. The minimum atomic E-state index is -2.10. The van der Waals surface area contributed by atoms with E-state index in [4.69, 9.17) is 8.85 Å². The van der Waals surface area contributed by atoms with Crippen LogP contribution < -0.4 is 0 Å². The van der Waals surface area contributed by atoms with E-state index in [1.165, 1.54) is 0 Å². The van der Waals surface area contributed by atoms with Crippen molar-refractivity contribution in [3.8, 4) is 0 Å². The van der Waals surface area contributed by atoms with Gasteiger partial charge in [0.25, 0.3) is 0 Å². The maximum Gasteiger partial charge on any atom is 0.193 e. The molecule has 2 atom stereocenters. The number of rotatable bonds is 9. The number of carbonyl (C=O) groups excluding carboxylic acids is 2. The Labute approximate surface area is 157 Å². The van der Waals surface area contributed by atoms with Crippen molar-refractivity contribution in [3.05, 3.63) is 0 Å². The highest BCUT2D eigenvalue weighted by Gasteiger charge is 2.42. The Kier molecular flexibility index (Phi) is 8.48. The molecule has 0 heterocycles. The number of hydrogen-bond acceptors (Lipinski definition) is 4. The first-order chi connectivity index (χ1) is 10.9. The molecule has 25 heavy (non-hydrogen) atoms. The van der Waals surface area contributed by atoms with Crippen LogP contribution in [0.15, 0.2) is 0 Å². The molecule has 0 N–H and O–H groups in total. The largest absolute Gasteiger partial charge is 0.416 e. The molecule has 4 nitrogen and oxygen atoms in total. The van der Waals surface area contributed by atoms with Crippen molar-refractivity contribution in [2.24, 2.45) is 5.92 Å². The van der Waals surface area contributed by atoms with Gasteiger partial charge in [-0.05, 0) is 43.2 Å². The first-order valence-corrected chi connectivity index (χ1v) is 15.0. The highest BCUT2D eigenvalue weighted by Crippen LogP contribution is 2.39. The van der Waals surface area contributed by atoms with Crippen LogP contribution in [-0.4, -0.2) is 41.4 Å². The number of Topliss-reactive ketones (excluding diaryl/α,β-unsaturated/α-hetero) is 1. The normalized spacial score (nSPS) is 16.4. The monoisotopic (exact) mass is 388 g/mol. The molecular weight excluding hydrogens is 348 g/mol. The van der Waals surface area contributed by atoms with Gasteiger partial charge >= 0.3 is 0 Å². The molecule has 0 aliphatic carbocycles. The topological polar surface area (TPSA) is 52.6 Å². The summed E-state index contributed by atoms with van der Waals surface area (Å²) in [6.45, 7) is 23.6. The van der Waals surface area contributed by atoms with Gasteiger partial charge in [-0.25, -0.2) is 0 Å². The summed E-state index contributed by atoms with van der Waals surface area (Å²) < 4.78 is 12.6. The van der Waals surface area contributed by atoms with E-state index in [2.05, 4.69) is 67.7 Å². The summed E-state index contributed by atoms with van der Waals surface area (Å²) in [7, 11) is -4.05. The maximum absolute atomic E-state index is 11.8. The second-order valence-electron chi connectivity index (χ2n) is 10.2. The summed E-state index contributed by atoms with van der Waals surface area (Å²) in [6, 6.07) is 0. The molecule has 0 aliphatic heterocycles. The van der Waals surface area contributed by atoms with E-state index >= 15 is 0 Å². The van der Waals surface area contributed by atoms with Gasteiger partial charge in [-0.2, -0.15) is 0 Å². The van der Waals surface area contributed by atoms with Gasteiger partial charge < -0.3 is 18.4 Å². The minimum Gasteiger partial charge on any atom is -0.416 e. The van der Waals surface area contributed by atoms with Crippen LogP contribution in [0.25, 0.3) is 0 Å². The molecule has 0 radical (unpaired) electrons. The van der Waals surface area contributed by atoms with Gasteiger partial charge in [-0.1, -0.05) is 41.5 Å². The van der Waals surface area contributed by atoms with Crippen molar-refractivity contribution in [1.29, 1.82) is 0 Å². The molecule has 0 aromatic carbocycles. The van der Waals surface area contributed by atoms with Crippen molar-refractivity contribution in [3.63, 3.8) is 0 Å². The first-order valence-electron chi connectivity index (χ1n) is 9.21. The number of hydrogen-bond donors (Lipinski definition) is 0. The Morgan fingerprint density at radius 1 is 0.960 bits per heavy atom. The average molecular weight is 389 g/mol. The third-order valence-electron chi connectivity index (χ3n) is 5.85. The first kappa shape index (κ1) is 24.7. The molecule has 148 valence electrons. The second kappa shape index (κ2) is 8.59. The van der Waals surface area contributed by atoms with Crippen molar-refractivity contribution >= 4 is 28.7 Å². The fraction of sp³-hybridized carbons (Fsp3) is 0.895. The maximum atomic E-state index is 11.8. The van der Waals surface area contributed by atoms with Gasteiger partial charge in [0.15, 0.2) is 16.6 Å². The van der Waals surface area contributed by atoms with E-state index in [9.17, 15) is 9.59 Å². The molecule has 0 bridgehead atoms. The van der Waals surface area contributed by atoms with Crippen molar-refractivity contribution in [1.82, 2.24) is 0 Å². The number of aldehydes is 1. The Morgan fingerprint density at radius 3 is 1.72 bits per heavy atom. The molecule has 0 aliphatic rings. The Bertz CT molecular complexity index is 459. The highest BCUT2D eigenvalue weighted by atomic mass is 28.4. The van der Waals surface area contributed by atoms with E-state index in [1.807, 2.05) is 0 Å². The van der Waals surface area contributed by atoms with Gasteiger partial charge in [0.1, 0.15) is 18.2 Å². The quantitative estimate of drug-likeness (QED) is 0.403. The zero-order chi connectivity index (χ0) is 20.3. The summed E-state index contributed by atoms with van der Waals surface area (Å²) in [6.07, 6.45) is 0.588. The smallest absolute Gasteiger partial charge is 0.193 e. The van der Waals surface area contributed by atoms with E-state index in [0.29, 0.717) is 13.0 Å². The van der Waals surface area contributed by atoms with E-state index < -0.39 is 22.7 Å². The van der Waals surface area contributed by atoms with Gasteiger partial charge in [0, 0.05) is 18.9 Å². The zero-order valence-corrected chi connectivity index (χ0v) is 20.3. The van der Waals surface area contributed by atoms with Crippen LogP contribution >= 0.6 is 0 Å². The average Bonchev–Trinajstić information content (AvgIpc) is 2.38. The highest BCUT2D eigenvalue weighted by molar-refractivity contribution is 6.74. The zero-order valence-electron chi connectivity index (χ0n) is 18.3. The SMILES string of the molecule is CC(=O)C[C@H](CO[Si](C)(C)C(C)(C)C)[C@@H](C=O)O[Si](C)(C)C(C)(C)C. The lowest BCUT2D eigenvalue weighted by Crippen LogP contribution is -2.48. The summed E-state index contributed by atoms with van der Waals surface area (Å²) in [4.78, 5) is 23.5. The molecule has 0 aromatic rings. The predicted molar refractivity (Wildman–Crippen MR) is 110 cm³/mol. The standard InChI is InChI=1S/C19H40O4Si2/c1-15(21)12-16(14-22-24(8,9)18(2,3)4)17(13-20)23-25(10,11)19(5,6)7/h13,16-17H,12,14H2,1-11H3/t16-,17-/m1/s1. The molecule has 0 rings (SSSR count). The summed E-state index contributed by atoms with van der Waals surface area (Å²) in [5.74, 6) is -0.159. The Balaban J connectivity index is 5.35. The molecule has 0 saturated carbocycles. The van der Waals surface area contributed by atoms with E-state index in [0.717, 1.165) is 6.29 Å². The van der Waals surface area contributed by atoms with Crippen LogP contribution in [0.3, 0.4) is 0 Å². The van der Waals surface area contributed by atoms with Gasteiger partial charge in [0.2, 0.25) is 0 Å². The Morgan fingerprint density at radius 2 is 1.40 bits per heavy atom. The van der Waals surface area contributed by atoms with Crippen LogP contribution in [0.5, 0.6) is 0 Å². The molecule has 6 heteroatoms. The van der Waals surface area contributed by atoms with Crippen LogP contribution in [-0.2, 0) is 18.4 Å². The van der Waals surface area contributed by atoms with Crippen molar-refractivity contribution in [2.45, 2.75) is 97.3 Å². The molecule has 0 spiro atoms.